The van der Waals surface area contributed by atoms with Crippen LogP contribution < -0.4 is 5.32 Å². The Morgan fingerprint density at radius 3 is 2.50 bits per heavy atom. The Kier molecular flexibility index (Phi) is 4.14. The molecule has 0 bridgehead atoms. The SMILES string of the molecule is CCNC(C)c1ccc(-n2cnc(C#N)c2C#N)cc1. The third-order valence-corrected chi connectivity index (χ3v) is 3.16. The molecule has 20 heavy (non-hydrogen) atoms. The Morgan fingerprint density at radius 2 is 1.95 bits per heavy atom. The predicted molar refractivity (Wildman–Crippen MR) is 75.1 cm³/mol. The minimum atomic E-state index is 0.151. The van der Waals surface area contributed by atoms with E-state index in [0.717, 1.165) is 12.2 Å². The molecular weight excluding hydrogens is 250 g/mol. The monoisotopic (exact) mass is 265 g/mol. The summed E-state index contributed by atoms with van der Waals surface area (Å²) in [5.41, 5.74) is 2.41. The summed E-state index contributed by atoms with van der Waals surface area (Å²) >= 11 is 0. The van der Waals surface area contributed by atoms with Crippen molar-refractivity contribution in [2.24, 2.45) is 0 Å². The van der Waals surface area contributed by atoms with Gasteiger partial charge in [-0.3, -0.25) is 4.57 Å². The van der Waals surface area contributed by atoms with Crippen molar-refractivity contribution in [3.05, 3.63) is 47.5 Å². The first-order valence-corrected chi connectivity index (χ1v) is 6.42. The van der Waals surface area contributed by atoms with Crippen molar-refractivity contribution in [2.75, 3.05) is 6.54 Å². The first-order valence-electron chi connectivity index (χ1n) is 6.42. The maximum absolute atomic E-state index is 9.12. The molecule has 0 amide bonds. The molecule has 0 aliphatic heterocycles. The molecule has 0 saturated heterocycles. The maximum Gasteiger partial charge on any atom is 0.177 e. The number of rotatable bonds is 4. The van der Waals surface area contributed by atoms with Crippen molar-refractivity contribution in [2.45, 2.75) is 19.9 Å². The number of imidazole rings is 1. The summed E-state index contributed by atoms with van der Waals surface area (Å²) < 4.78 is 1.63. The molecule has 0 aliphatic carbocycles. The van der Waals surface area contributed by atoms with E-state index in [1.807, 2.05) is 36.4 Å². The molecule has 1 heterocycles. The van der Waals surface area contributed by atoms with Crippen LogP contribution in [0.2, 0.25) is 0 Å². The molecule has 1 N–H and O–H groups in total. The van der Waals surface area contributed by atoms with Gasteiger partial charge in [-0.05, 0) is 31.2 Å². The van der Waals surface area contributed by atoms with Gasteiger partial charge in [-0.2, -0.15) is 10.5 Å². The molecule has 5 heteroatoms. The van der Waals surface area contributed by atoms with Gasteiger partial charge in [0.2, 0.25) is 0 Å². The lowest BCUT2D eigenvalue weighted by molar-refractivity contribution is 0.598. The largest absolute Gasteiger partial charge is 0.310 e. The molecule has 0 fully saturated rings. The minimum Gasteiger partial charge on any atom is -0.310 e. The van der Waals surface area contributed by atoms with Crippen LogP contribution in [-0.4, -0.2) is 16.1 Å². The van der Waals surface area contributed by atoms with E-state index in [-0.39, 0.29) is 17.4 Å². The zero-order valence-corrected chi connectivity index (χ0v) is 11.5. The Balaban J connectivity index is 2.34. The minimum absolute atomic E-state index is 0.151. The fourth-order valence-corrected chi connectivity index (χ4v) is 2.08. The van der Waals surface area contributed by atoms with E-state index in [4.69, 9.17) is 10.5 Å². The fourth-order valence-electron chi connectivity index (χ4n) is 2.08. The third-order valence-electron chi connectivity index (χ3n) is 3.16. The van der Waals surface area contributed by atoms with Crippen molar-refractivity contribution < 1.29 is 0 Å². The molecule has 1 unspecified atom stereocenters. The number of benzene rings is 1. The molecule has 1 atom stereocenters. The fraction of sp³-hybridized carbons (Fsp3) is 0.267. The highest BCUT2D eigenvalue weighted by Gasteiger charge is 2.11. The molecule has 2 rings (SSSR count). The average molecular weight is 265 g/mol. The van der Waals surface area contributed by atoms with Crippen LogP contribution in [-0.2, 0) is 0 Å². The smallest absolute Gasteiger partial charge is 0.177 e. The van der Waals surface area contributed by atoms with Gasteiger partial charge in [0.05, 0.1) is 0 Å². The molecular formula is C15H15N5. The van der Waals surface area contributed by atoms with E-state index in [2.05, 4.69) is 24.1 Å². The maximum atomic E-state index is 9.12. The third kappa shape index (κ3) is 2.54. The number of hydrogen-bond donors (Lipinski definition) is 1. The number of nitrogens with zero attached hydrogens (tertiary/aromatic N) is 4. The molecule has 0 saturated carbocycles. The lowest BCUT2D eigenvalue weighted by Gasteiger charge is -2.13. The molecule has 0 spiro atoms. The lowest BCUT2D eigenvalue weighted by atomic mass is 10.1. The molecule has 1 aromatic heterocycles. The van der Waals surface area contributed by atoms with Crippen LogP contribution in [0.5, 0.6) is 0 Å². The van der Waals surface area contributed by atoms with Gasteiger partial charge in [-0.1, -0.05) is 19.1 Å². The topological polar surface area (TPSA) is 77.4 Å². The van der Waals surface area contributed by atoms with E-state index in [0.29, 0.717) is 0 Å². The lowest BCUT2D eigenvalue weighted by Crippen LogP contribution is -2.17. The first kappa shape index (κ1) is 13.8. The van der Waals surface area contributed by atoms with Gasteiger partial charge < -0.3 is 5.32 Å². The molecule has 2 aromatic rings. The van der Waals surface area contributed by atoms with Gasteiger partial charge in [-0.15, -0.1) is 0 Å². The average Bonchev–Trinajstić information content (AvgIpc) is 2.90. The molecule has 1 aromatic carbocycles. The second kappa shape index (κ2) is 6.01. The number of aromatic nitrogens is 2. The standard InChI is InChI=1S/C15H15N5/c1-3-18-11(2)12-4-6-13(7-5-12)20-10-19-14(8-16)15(20)9-17/h4-7,10-11,18H,3H2,1-2H3. The van der Waals surface area contributed by atoms with E-state index in [1.54, 1.807) is 4.57 Å². The van der Waals surface area contributed by atoms with Crippen LogP contribution in [0.4, 0.5) is 0 Å². The summed E-state index contributed by atoms with van der Waals surface area (Å²) in [6.45, 7) is 5.08. The second-order valence-electron chi connectivity index (χ2n) is 4.41. The second-order valence-corrected chi connectivity index (χ2v) is 4.41. The van der Waals surface area contributed by atoms with E-state index < -0.39 is 0 Å². The van der Waals surface area contributed by atoms with Crippen LogP contribution in [0.25, 0.3) is 5.69 Å². The molecule has 5 nitrogen and oxygen atoms in total. The van der Waals surface area contributed by atoms with Gasteiger partial charge in [0, 0.05) is 11.7 Å². The van der Waals surface area contributed by atoms with Crippen molar-refractivity contribution in [1.29, 1.82) is 10.5 Å². The van der Waals surface area contributed by atoms with Crippen LogP contribution in [0.1, 0.15) is 36.8 Å². The van der Waals surface area contributed by atoms with Crippen molar-refractivity contribution in [1.82, 2.24) is 14.9 Å². The number of nitrogens with one attached hydrogen (secondary N) is 1. The van der Waals surface area contributed by atoms with Gasteiger partial charge in [0.1, 0.15) is 18.5 Å². The Labute approximate surface area is 118 Å². The van der Waals surface area contributed by atoms with Crippen molar-refractivity contribution in [3.63, 3.8) is 0 Å². The zero-order valence-electron chi connectivity index (χ0n) is 11.5. The summed E-state index contributed by atoms with van der Waals surface area (Å²) in [6.07, 6.45) is 1.50. The highest BCUT2D eigenvalue weighted by Crippen LogP contribution is 2.18. The van der Waals surface area contributed by atoms with Crippen LogP contribution in [0, 0.1) is 22.7 Å². The molecule has 0 radical (unpaired) electrons. The van der Waals surface area contributed by atoms with E-state index >= 15 is 0 Å². The Bertz CT molecular complexity index is 670. The van der Waals surface area contributed by atoms with Crippen LogP contribution in [0.15, 0.2) is 30.6 Å². The molecule has 100 valence electrons. The highest BCUT2D eigenvalue weighted by atomic mass is 15.1. The number of nitriles is 2. The summed E-state index contributed by atoms with van der Waals surface area (Å²) in [5, 5.41) is 21.4. The summed E-state index contributed by atoms with van der Waals surface area (Å²) in [6, 6.07) is 12.1. The summed E-state index contributed by atoms with van der Waals surface area (Å²) in [5.74, 6) is 0. The summed E-state index contributed by atoms with van der Waals surface area (Å²) in [4.78, 5) is 3.94. The Hall–Kier alpha value is -2.63. The van der Waals surface area contributed by atoms with Crippen molar-refractivity contribution >= 4 is 0 Å². The van der Waals surface area contributed by atoms with Gasteiger partial charge in [-0.25, -0.2) is 4.98 Å². The predicted octanol–water partition coefficient (Wildman–Crippen LogP) is 2.29. The number of hydrogen-bond acceptors (Lipinski definition) is 4. The van der Waals surface area contributed by atoms with Crippen LogP contribution >= 0.6 is 0 Å². The van der Waals surface area contributed by atoms with Gasteiger partial charge in [0.25, 0.3) is 0 Å². The van der Waals surface area contributed by atoms with Crippen LogP contribution in [0.3, 0.4) is 0 Å². The molecule has 0 aliphatic rings. The van der Waals surface area contributed by atoms with Gasteiger partial charge >= 0.3 is 0 Å². The van der Waals surface area contributed by atoms with E-state index in [1.165, 1.54) is 11.9 Å². The van der Waals surface area contributed by atoms with Gasteiger partial charge in [0.15, 0.2) is 11.4 Å². The highest BCUT2D eigenvalue weighted by molar-refractivity contribution is 5.45. The first-order chi connectivity index (χ1) is 9.71. The Morgan fingerprint density at radius 1 is 1.25 bits per heavy atom. The quantitative estimate of drug-likeness (QED) is 0.920. The zero-order chi connectivity index (χ0) is 14.5. The van der Waals surface area contributed by atoms with E-state index in [9.17, 15) is 0 Å². The normalized spacial score (nSPS) is 11.6. The van der Waals surface area contributed by atoms with Crippen molar-refractivity contribution in [3.8, 4) is 17.8 Å². The summed E-state index contributed by atoms with van der Waals surface area (Å²) in [7, 11) is 0.